The van der Waals surface area contributed by atoms with Crippen LogP contribution in [0.2, 0.25) is 0 Å². The summed E-state index contributed by atoms with van der Waals surface area (Å²) in [6.45, 7) is 3.65. The number of aryl methyl sites for hydroxylation is 2. The zero-order valence-electron chi connectivity index (χ0n) is 12.0. The van der Waals surface area contributed by atoms with Gasteiger partial charge < -0.3 is 11.1 Å². The van der Waals surface area contributed by atoms with E-state index in [4.69, 9.17) is 5.73 Å². The fourth-order valence-electron chi connectivity index (χ4n) is 2.16. The molecule has 3 heterocycles. The van der Waals surface area contributed by atoms with Crippen LogP contribution in [0.1, 0.15) is 32.1 Å². The van der Waals surface area contributed by atoms with Crippen molar-refractivity contribution < 1.29 is 9.59 Å². The molecule has 0 aromatic carbocycles. The third kappa shape index (κ3) is 2.33. The summed E-state index contributed by atoms with van der Waals surface area (Å²) in [5.41, 5.74) is 8.13. The first kappa shape index (κ1) is 14.2. The van der Waals surface area contributed by atoms with E-state index in [1.165, 1.54) is 17.5 Å². The molecule has 0 saturated heterocycles. The summed E-state index contributed by atoms with van der Waals surface area (Å²) in [6, 6.07) is 3.41. The number of primary amides is 1. The van der Waals surface area contributed by atoms with E-state index in [-0.39, 0.29) is 5.91 Å². The molecule has 3 aromatic rings. The molecule has 0 saturated carbocycles. The predicted molar refractivity (Wildman–Crippen MR) is 83.3 cm³/mol. The van der Waals surface area contributed by atoms with Crippen molar-refractivity contribution in [2.75, 3.05) is 5.32 Å². The van der Waals surface area contributed by atoms with Gasteiger partial charge >= 0.3 is 0 Å². The van der Waals surface area contributed by atoms with Crippen molar-refractivity contribution >= 4 is 33.8 Å². The van der Waals surface area contributed by atoms with Crippen LogP contribution in [0.4, 0.5) is 5.00 Å². The minimum absolute atomic E-state index is 0.292. The van der Waals surface area contributed by atoms with Crippen LogP contribution >= 0.6 is 11.3 Å². The van der Waals surface area contributed by atoms with E-state index in [2.05, 4.69) is 15.4 Å². The number of nitrogens with two attached hydrogens (primary N) is 1. The molecule has 0 spiro atoms. The molecular weight excluding hydrogens is 302 g/mol. The third-order valence-electron chi connectivity index (χ3n) is 3.25. The molecule has 3 aromatic heterocycles. The van der Waals surface area contributed by atoms with Gasteiger partial charge in [0.25, 0.3) is 11.8 Å². The Morgan fingerprint density at radius 2 is 2.09 bits per heavy atom. The molecule has 0 fully saturated rings. The first-order valence-corrected chi connectivity index (χ1v) is 7.36. The molecule has 22 heavy (non-hydrogen) atoms. The maximum atomic E-state index is 12.4. The van der Waals surface area contributed by atoms with Crippen LogP contribution in [0.3, 0.4) is 0 Å². The fourth-order valence-corrected chi connectivity index (χ4v) is 2.94. The summed E-state index contributed by atoms with van der Waals surface area (Å²) in [5.74, 6) is -0.936. The molecule has 3 N–H and O–H groups in total. The van der Waals surface area contributed by atoms with E-state index in [0.29, 0.717) is 27.5 Å². The average Bonchev–Trinajstić information content (AvgIpc) is 3.05. The van der Waals surface area contributed by atoms with Gasteiger partial charge in [0.15, 0.2) is 5.65 Å². The second-order valence-electron chi connectivity index (χ2n) is 4.79. The summed E-state index contributed by atoms with van der Waals surface area (Å²) < 4.78 is 1.62. The van der Waals surface area contributed by atoms with Crippen LogP contribution in [-0.2, 0) is 0 Å². The van der Waals surface area contributed by atoms with Crippen LogP contribution in [0, 0.1) is 13.8 Å². The number of aromatic nitrogens is 3. The number of nitrogens with one attached hydrogen (secondary N) is 1. The monoisotopic (exact) mass is 315 g/mol. The summed E-state index contributed by atoms with van der Waals surface area (Å²) in [6.07, 6.45) is 1.50. The van der Waals surface area contributed by atoms with Gasteiger partial charge in [-0.05, 0) is 25.3 Å². The van der Waals surface area contributed by atoms with Gasteiger partial charge in [0.1, 0.15) is 5.00 Å². The zero-order valence-corrected chi connectivity index (χ0v) is 12.8. The maximum absolute atomic E-state index is 12.4. The van der Waals surface area contributed by atoms with Gasteiger partial charge in [-0.2, -0.15) is 5.10 Å². The smallest absolute Gasteiger partial charge is 0.259 e. The number of hydrogen-bond acceptors (Lipinski definition) is 5. The Labute approximate surface area is 129 Å². The lowest BCUT2D eigenvalue weighted by Crippen LogP contribution is -2.18. The van der Waals surface area contributed by atoms with E-state index in [1.54, 1.807) is 22.9 Å². The highest BCUT2D eigenvalue weighted by atomic mass is 32.1. The van der Waals surface area contributed by atoms with Crippen LogP contribution in [-0.4, -0.2) is 26.4 Å². The predicted octanol–water partition coefficient (Wildman–Crippen LogP) is 1.76. The van der Waals surface area contributed by atoms with Crippen LogP contribution < -0.4 is 11.1 Å². The summed E-state index contributed by atoms with van der Waals surface area (Å²) in [4.78, 5) is 27.9. The highest BCUT2D eigenvalue weighted by Gasteiger charge is 2.17. The van der Waals surface area contributed by atoms with Gasteiger partial charge in [-0.25, -0.2) is 9.50 Å². The van der Waals surface area contributed by atoms with Crippen LogP contribution in [0.5, 0.6) is 0 Å². The Hall–Kier alpha value is -2.74. The first-order chi connectivity index (χ1) is 10.5. The second kappa shape index (κ2) is 5.23. The number of fused-ring (bicyclic) bond motifs is 1. The number of hydrogen-bond donors (Lipinski definition) is 2. The first-order valence-electron chi connectivity index (χ1n) is 6.48. The molecule has 0 atom stereocenters. The molecule has 0 aliphatic carbocycles. The van der Waals surface area contributed by atoms with Crippen molar-refractivity contribution in [1.29, 1.82) is 0 Å². The van der Waals surface area contributed by atoms with E-state index in [0.717, 1.165) is 5.69 Å². The van der Waals surface area contributed by atoms with Crippen molar-refractivity contribution in [2.45, 2.75) is 13.8 Å². The zero-order chi connectivity index (χ0) is 15.9. The van der Waals surface area contributed by atoms with Gasteiger partial charge in [-0.15, -0.1) is 11.3 Å². The third-order valence-corrected chi connectivity index (χ3v) is 4.08. The van der Waals surface area contributed by atoms with E-state index in [1.807, 2.05) is 13.0 Å². The number of anilines is 1. The SMILES string of the molecule is Cc1cc2ncc(C(=O)Nc3sccc3C(N)=O)c(C)n2n1. The molecule has 0 radical (unpaired) electrons. The molecule has 7 nitrogen and oxygen atoms in total. The molecular formula is C14H13N5O2S. The van der Waals surface area contributed by atoms with E-state index >= 15 is 0 Å². The molecule has 2 amide bonds. The van der Waals surface area contributed by atoms with Gasteiger partial charge in [-0.1, -0.05) is 0 Å². The Morgan fingerprint density at radius 1 is 1.32 bits per heavy atom. The topological polar surface area (TPSA) is 102 Å². The number of carbonyl (C=O) groups excluding carboxylic acids is 2. The molecule has 112 valence electrons. The molecule has 0 aliphatic rings. The fraction of sp³-hybridized carbons (Fsp3) is 0.143. The summed E-state index contributed by atoms with van der Waals surface area (Å²) in [5, 5.41) is 9.12. The molecule has 8 heteroatoms. The molecule has 0 aliphatic heterocycles. The normalized spacial score (nSPS) is 10.8. The Morgan fingerprint density at radius 3 is 2.82 bits per heavy atom. The van der Waals surface area contributed by atoms with Crippen molar-refractivity contribution in [3.05, 3.63) is 46.2 Å². The minimum Gasteiger partial charge on any atom is -0.366 e. The molecule has 3 rings (SSSR count). The van der Waals surface area contributed by atoms with E-state index < -0.39 is 5.91 Å². The number of nitrogens with zero attached hydrogens (tertiary/aromatic N) is 3. The lowest BCUT2D eigenvalue weighted by molar-refractivity contribution is 0.100. The van der Waals surface area contributed by atoms with Gasteiger partial charge in [0.2, 0.25) is 0 Å². The highest BCUT2D eigenvalue weighted by Crippen LogP contribution is 2.23. The van der Waals surface area contributed by atoms with Gasteiger partial charge in [0, 0.05) is 12.3 Å². The molecule has 0 bridgehead atoms. The second-order valence-corrected chi connectivity index (χ2v) is 5.71. The largest absolute Gasteiger partial charge is 0.366 e. The maximum Gasteiger partial charge on any atom is 0.259 e. The summed E-state index contributed by atoms with van der Waals surface area (Å²) in [7, 11) is 0. The van der Waals surface area contributed by atoms with Gasteiger partial charge in [-0.3, -0.25) is 9.59 Å². The van der Waals surface area contributed by atoms with Gasteiger partial charge in [0.05, 0.1) is 22.5 Å². The van der Waals surface area contributed by atoms with Crippen LogP contribution in [0.15, 0.2) is 23.7 Å². The lowest BCUT2D eigenvalue weighted by atomic mass is 10.2. The van der Waals surface area contributed by atoms with Crippen molar-refractivity contribution in [1.82, 2.24) is 14.6 Å². The number of amides is 2. The summed E-state index contributed by atoms with van der Waals surface area (Å²) >= 11 is 1.24. The van der Waals surface area contributed by atoms with Crippen LogP contribution in [0.25, 0.3) is 5.65 Å². The molecule has 0 unspecified atom stereocenters. The minimum atomic E-state index is -0.579. The quantitative estimate of drug-likeness (QED) is 0.768. The van der Waals surface area contributed by atoms with Crippen molar-refractivity contribution in [3.63, 3.8) is 0 Å². The van der Waals surface area contributed by atoms with E-state index in [9.17, 15) is 9.59 Å². The van der Waals surface area contributed by atoms with Crippen molar-refractivity contribution in [3.8, 4) is 0 Å². The Kier molecular flexibility index (Phi) is 3.38. The van der Waals surface area contributed by atoms with Crippen molar-refractivity contribution in [2.24, 2.45) is 5.73 Å². The Balaban J connectivity index is 1.97. The average molecular weight is 315 g/mol. The lowest BCUT2D eigenvalue weighted by Gasteiger charge is -2.08. The highest BCUT2D eigenvalue weighted by molar-refractivity contribution is 7.14. The standard InChI is InChI=1S/C14H13N5O2S/c1-7-5-11-16-6-10(8(2)19(11)18-7)13(21)17-14-9(12(15)20)3-4-22-14/h3-6H,1-2H3,(H2,15,20)(H,17,21). The Bertz CT molecular complexity index is 896. The number of carbonyl (C=O) groups is 2. The number of thiophene rings is 1. The number of rotatable bonds is 3.